The number of halogens is 1. The molecule has 0 aliphatic heterocycles. The molecule has 4 nitrogen and oxygen atoms in total. The first kappa shape index (κ1) is 16.1. The molecule has 1 aliphatic rings. The summed E-state index contributed by atoms with van der Waals surface area (Å²) in [5, 5.41) is 10.4. The largest absolute Gasteiger partial charge is 0.464 e. The van der Waals surface area contributed by atoms with Crippen molar-refractivity contribution >= 4 is 32.9 Å². The van der Waals surface area contributed by atoms with E-state index >= 15 is 0 Å². The lowest BCUT2D eigenvalue weighted by Crippen LogP contribution is -2.34. The van der Waals surface area contributed by atoms with E-state index in [-0.39, 0.29) is 12.6 Å². The topological polar surface area (TPSA) is 63.2 Å². The van der Waals surface area contributed by atoms with E-state index in [0.29, 0.717) is 19.3 Å². The van der Waals surface area contributed by atoms with Crippen molar-refractivity contribution in [1.29, 1.82) is 5.26 Å². The fraction of sp³-hybridized carbons (Fsp3) is 0.444. The number of rotatable bonds is 4. The SMILES string of the molecule is N#CC1(C(=O)OCCc2cc3cc(Br)ccc3o2)CCCCC1. The van der Waals surface area contributed by atoms with Gasteiger partial charge in [-0.15, -0.1) is 0 Å². The molecule has 0 atom stereocenters. The highest BCUT2D eigenvalue weighted by Crippen LogP contribution is 2.36. The second kappa shape index (κ2) is 6.76. The molecule has 1 aromatic carbocycles. The number of ether oxygens (including phenoxy) is 1. The molecule has 0 bridgehead atoms. The third-order valence-electron chi connectivity index (χ3n) is 4.42. The zero-order valence-electron chi connectivity index (χ0n) is 12.8. The number of hydrogen-bond donors (Lipinski definition) is 0. The van der Waals surface area contributed by atoms with Gasteiger partial charge in [0.05, 0.1) is 12.7 Å². The van der Waals surface area contributed by atoms with E-state index in [1.165, 1.54) is 0 Å². The van der Waals surface area contributed by atoms with Gasteiger partial charge in [0.15, 0.2) is 5.41 Å². The molecule has 2 aromatic rings. The van der Waals surface area contributed by atoms with Crippen molar-refractivity contribution in [2.75, 3.05) is 6.61 Å². The third kappa shape index (κ3) is 3.42. The summed E-state index contributed by atoms with van der Waals surface area (Å²) < 4.78 is 12.1. The van der Waals surface area contributed by atoms with Crippen LogP contribution in [0.1, 0.15) is 37.9 Å². The first-order valence-corrected chi connectivity index (χ1v) is 8.69. The average molecular weight is 376 g/mol. The number of fused-ring (bicyclic) bond motifs is 1. The molecular formula is C18H18BrNO3. The van der Waals surface area contributed by atoms with Crippen molar-refractivity contribution in [1.82, 2.24) is 0 Å². The second-order valence-electron chi connectivity index (χ2n) is 6.04. The van der Waals surface area contributed by atoms with Crippen LogP contribution in [-0.4, -0.2) is 12.6 Å². The average Bonchev–Trinajstić information content (AvgIpc) is 2.97. The maximum absolute atomic E-state index is 12.3. The fourth-order valence-electron chi connectivity index (χ4n) is 3.09. The number of nitrogens with zero attached hydrogens (tertiary/aromatic N) is 1. The van der Waals surface area contributed by atoms with Crippen LogP contribution in [0, 0.1) is 16.7 Å². The van der Waals surface area contributed by atoms with Crippen molar-refractivity contribution in [2.45, 2.75) is 38.5 Å². The predicted molar refractivity (Wildman–Crippen MR) is 89.7 cm³/mol. The van der Waals surface area contributed by atoms with Crippen molar-refractivity contribution in [3.63, 3.8) is 0 Å². The molecule has 0 radical (unpaired) electrons. The minimum atomic E-state index is -0.934. The quantitative estimate of drug-likeness (QED) is 0.722. The Bertz CT molecular complexity index is 753. The van der Waals surface area contributed by atoms with Gasteiger partial charge in [-0.2, -0.15) is 5.26 Å². The lowest BCUT2D eigenvalue weighted by Gasteiger charge is -2.28. The molecule has 3 rings (SSSR count). The molecule has 1 aromatic heterocycles. The van der Waals surface area contributed by atoms with Crippen molar-refractivity contribution < 1.29 is 13.9 Å². The van der Waals surface area contributed by atoms with Crippen molar-refractivity contribution in [2.24, 2.45) is 5.41 Å². The molecule has 1 aliphatic carbocycles. The molecule has 23 heavy (non-hydrogen) atoms. The number of hydrogen-bond acceptors (Lipinski definition) is 4. The van der Waals surface area contributed by atoms with E-state index in [9.17, 15) is 10.1 Å². The van der Waals surface area contributed by atoms with Gasteiger partial charge in [-0.3, -0.25) is 4.79 Å². The van der Waals surface area contributed by atoms with Gasteiger partial charge in [-0.1, -0.05) is 35.2 Å². The molecule has 1 fully saturated rings. The van der Waals surface area contributed by atoms with Gasteiger partial charge in [-0.05, 0) is 37.1 Å². The van der Waals surface area contributed by atoms with Gasteiger partial charge in [0.1, 0.15) is 11.3 Å². The first-order chi connectivity index (χ1) is 11.1. The van der Waals surface area contributed by atoms with Gasteiger partial charge in [0.2, 0.25) is 0 Å². The number of nitriles is 1. The summed E-state index contributed by atoms with van der Waals surface area (Å²) in [7, 11) is 0. The van der Waals surface area contributed by atoms with Crippen LogP contribution in [0.15, 0.2) is 33.2 Å². The summed E-state index contributed by atoms with van der Waals surface area (Å²) in [5.74, 6) is 0.402. The van der Waals surface area contributed by atoms with Gasteiger partial charge in [-0.25, -0.2) is 0 Å². The predicted octanol–water partition coefficient (Wildman–Crippen LogP) is 4.76. The van der Waals surface area contributed by atoms with Crippen LogP contribution >= 0.6 is 15.9 Å². The van der Waals surface area contributed by atoms with E-state index in [1.54, 1.807) is 0 Å². The minimum absolute atomic E-state index is 0.239. The van der Waals surface area contributed by atoms with Gasteiger partial charge >= 0.3 is 5.97 Å². The van der Waals surface area contributed by atoms with Crippen LogP contribution in [0.2, 0.25) is 0 Å². The Morgan fingerprint density at radius 2 is 2.09 bits per heavy atom. The highest BCUT2D eigenvalue weighted by Gasteiger charge is 2.41. The van der Waals surface area contributed by atoms with E-state index in [4.69, 9.17) is 9.15 Å². The van der Waals surface area contributed by atoms with E-state index in [2.05, 4.69) is 22.0 Å². The van der Waals surface area contributed by atoms with Crippen LogP contribution in [-0.2, 0) is 16.0 Å². The molecule has 0 N–H and O–H groups in total. The summed E-state index contributed by atoms with van der Waals surface area (Å²) in [6.07, 6.45) is 4.66. The fourth-order valence-corrected chi connectivity index (χ4v) is 3.47. The zero-order chi connectivity index (χ0) is 16.3. The zero-order valence-corrected chi connectivity index (χ0v) is 14.4. The molecule has 1 heterocycles. The number of carbonyl (C=O) groups excluding carboxylic acids is 1. The van der Waals surface area contributed by atoms with Gasteiger partial charge in [0.25, 0.3) is 0 Å². The molecule has 1 saturated carbocycles. The highest BCUT2D eigenvalue weighted by atomic mass is 79.9. The van der Waals surface area contributed by atoms with Crippen LogP contribution in [0.5, 0.6) is 0 Å². The Morgan fingerprint density at radius 3 is 2.83 bits per heavy atom. The van der Waals surface area contributed by atoms with E-state index < -0.39 is 5.41 Å². The molecule has 5 heteroatoms. The van der Waals surface area contributed by atoms with E-state index in [1.807, 2.05) is 24.3 Å². The lowest BCUT2D eigenvalue weighted by atomic mass is 9.75. The number of esters is 1. The van der Waals surface area contributed by atoms with Crippen LogP contribution < -0.4 is 0 Å². The second-order valence-corrected chi connectivity index (χ2v) is 6.95. The summed E-state index contributed by atoms with van der Waals surface area (Å²) in [6.45, 7) is 0.239. The van der Waals surface area contributed by atoms with Gasteiger partial charge < -0.3 is 9.15 Å². The normalized spacial score (nSPS) is 16.9. The highest BCUT2D eigenvalue weighted by molar-refractivity contribution is 9.10. The third-order valence-corrected chi connectivity index (χ3v) is 4.92. The van der Waals surface area contributed by atoms with E-state index in [0.717, 1.165) is 40.5 Å². The molecule has 0 unspecified atom stereocenters. The maximum Gasteiger partial charge on any atom is 0.326 e. The Labute approximate surface area is 143 Å². The smallest absolute Gasteiger partial charge is 0.326 e. The summed E-state index contributed by atoms with van der Waals surface area (Å²) >= 11 is 3.43. The van der Waals surface area contributed by atoms with Crippen LogP contribution in [0.4, 0.5) is 0 Å². The van der Waals surface area contributed by atoms with Crippen molar-refractivity contribution in [3.8, 4) is 6.07 Å². The Balaban J connectivity index is 1.59. The molecule has 0 amide bonds. The monoisotopic (exact) mass is 375 g/mol. The van der Waals surface area contributed by atoms with Crippen LogP contribution in [0.3, 0.4) is 0 Å². The molecule has 120 valence electrons. The minimum Gasteiger partial charge on any atom is -0.464 e. The Kier molecular flexibility index (Phi) is 4.72. The molecular weight excluding hydrogens is 358 g/mol. The number of furan rings is 1. The summed E-state index contributed by atoms with van der Waals surface area (Å²) in [5.41, 5.74) is -0.118. The van der Waals surface area contributed by atoms with Crippen molar-refractivity contribution in [3.05, 3.63) is 34.5 Å². The summed E-state index contributed by atoms with van der Waals surface area (Å²) in [4.78, 5) is 12.3. The lowest BCUT2D eigenvalue weighted by molar-refractivity contribution is -0.154. The number of benzene rings is 1. The Hall–Kier alpha value is -1.80. The summed E-state index contributed by atoms with van der Waals surface area (Å²) in [6, 6.07) is 9.96. The first-order valence-electron chi connectivity index (χ1n) is 7.89. The maximum atomic E-state index is 12.3. The van der Waals surface area contributed by atoms with Gasteiger partial charge in [0, 0.05) is 16.3 Å². The number of carbonyl (C=O) groups is 1. The Morgan fingerprint density at radius 1 is 1.30 bits per heavy atom. The van der Waals surface area contributed by atoms with Crippen LogP contribution in [0.25, 0.3) is 11.0 Å². The standard InChI is InChI=1S/C18H18BrNO3/c19-14-4-5-16-13(10-14)11-15(23-16)6-9-22-17(21)18(12-20)7-2-1-3-8-18/h4-5,10-11H,1-3,6-9H2. The molecule has 0 saturated heterocycles. The molecule has 0 spiro atoms.